The van der Waals surface area contributed by atoms with Gasteiger partial charge in [-0.25, -0.2) is 0 Å². The van der Waals surface area contributed by atoms with Crippen LogP contribution in [-0.4, -0.2) is 12.6 Å². The maximum atomic E-state index is 3.76. The molecule has 0 aliphatic heterocycles. The second-order valence-corrected chi connectivity index (χ2v) is 6.18. The first kappa shape index (κ1) is 10.1. The Kier molecular flexibility index (Phi) is 2.76. The Morgan fingerprint density at radius 2 is 1.87 bits per heavy atom. The van der Waals surface area contributed by atoms with Crippen molar-refractivity contribution in [2.45, 2.75) is 57.9 Å². The summed E-state index contributed by atoms with van der Waals surface area (Å²) in [6.07, 6.45) is 10.7. The SMILES string of the molecule is CCNC(CC1CCC1)C1CC2CC2C1. The largest absolute Gasteiger partial charge is 0.314 e. The van der Waals surface area contributed by atoms with E-state index in [0.717, 1.165) is 29.7 Å². The van der Waals surface area contributed by atoms with Crippen LogP contribution in [0.15, 0.2) is 0 Å². The van der Waals surface area contributed by atoms with Gasteiger partial charge in [0.15, 0.2) is 0 Å². The second kappa shape index (κ2) is 4.08. The molecule has 0 spiro atoms. The van der Waals surface area contributed by atoms with Crippen LogP contribution in [0.5, 0.6) is 0 Å². The van der Waals surface area contributed by atoms with Gasteiger partial charge in [-0.3, -0.25) is 0 Å². The molecule has 15 heavy (non-hydrogen) atoms. The van der Waals surface area contributed by atoms with Crippen molar-refractivity contribution in [3.8, 4) is 0 Å². The van der Waals surface area contributed by atoms with Crippen molar-refractivity contribution in [2.75, 3.05) is 6.54 Å². The monoisotopic (exact) mass is 207 g/mol. The molecule has 1 heteroatoms. The van der Waals surface area contributed by atoms with Crippen molar-refractivity contribution in [3.05, 3.63) is 0 Å². The van der Waals surface area contributed by atoms with Crippen LogP contribution in [0.25, 0.3) is 0 Å². The molecule has 3 atom stereocenters. The van der Waals surface area contributed by atoms with Crippen molar-refractivity contribution in [1.29, 1.82) is 0 Å². The number of rotatable bonds is 5. The van der Waals surface area contributed by atoms with Gasteiger partial charge in [0.25, 0.3) is 0 Å². The summed E-state index contributed by atoms with van der Waals surface area (Å²) in [5.74, 6) is 4.41. The predicted molar refractivity (Wildman–Crippen MR) is 63.7 cm³/mol. The molecule has 1 nitrogen and oxygen atoms in total. The fourth-order valence-electron chi connectivity index (χ4n) is 3.88. The van der Waals surface area contributed by atoms with Gasteiger partial charge >= 0.3 is 0 Å². The molecule has 1 N–H and O–H groups in total. The summed E-state index contributed by atoms with van der Waals surface area (Å²) in [4.78, 5) is 0. The molecule has 0 heterocycles. The molecule has 3 aliphatic rings. The summed E-state index contributed by atoms with van der Waals surface area (Å²) in [6, 6.07) is 0.869. The Morgan fingerprint density at radius 1 is 1.13 bits per heavy atom. The molecule has 3 rings (SSSR count). The van der Waals surface area contributed by atoms with Crippen LogP contribution in [0.2, 0.25) is 0 Å². The van der Waals surface area contributed by atoms with Crippen molar-refractivity contribution in [3.63, 3.8) is 0 Å². The van der Waals surface area contributed by atoms with E-state index in [2.05, 4.69) is 12.2 Å². The zero-order valence-corrected chi connectivity index (χ0v) is 10.0. The third kappa shape index (κ3) is 2.08. The number of hydrogen-bond donors (Lipinski definition) is 1. The van der Waals surface area contributed by atoms with Crippen molar-refractivity contribution < 1.29 is 0 Å². The van der Waals surface area contributed by atoms with Gasteiger partial charge < -0.3 is 5.32 Å². The lowest BCUT2D eigenvalue weighted by Gasteiger charge is -2.33. The van der Waals surface area contributed by atoms with Gasteiger partial charge in [-0.05, 0) is 55.9 Å². The lowest BCUT2D eigenvalue weighted by atomic mass is 9.77. The Labute approximate surface area is 94.0 Å². The predicted octanol–water partition coefficient (Wildman–Crippen LogP) is 3.20. The highest BCUT2D eigenvalue weighted by molar-refractivity contribution is 4.99. The summed E-state index contributed by atoms with van der Waals surface area (Å²) < 4.78 is 0. The third-order valence-corrected chi connectivity index (χ3v) is 5.13. The van der Waals surface area contributed by atoms with E-state index < -0.39 is 0 Å². The smallest absolute Gasteiger partial charge is 0.00980 e. The van der Waals surface area contributed by atoms with Crippen molar-refractivity contribution in [1.82, 2.24) is 5.32 Å². The van der Waals surface area contributed by atoms with Gasteiger partial charge in [0.1, 0.15) is 0 Å². The van der Waals surface area contributed by atoms with Crippen LogP contribution in [-0.2, 0) is 0 Å². The normalized spacial score (nSPS) is 41.0. The Hall–Kier alpha value is -0.0400. The fourth-order valence-corrected chi connectivity index (χ4v) is 3.88. The van der Waals surface area contributed by atoms with Gasteiger partial charge in [-0.15, -0.1) is 0 Å². The van der Waals surface area contributed by atoms with Gasteiger partial charge in [-0.2, -0.15) is 0 Å². The highest BCUT2D eigenvalue weighted by Gasteiger charge is 2.47. The standard InChI is InChI=1S/C14H25N/c1-2-15-14(6-10-4-3-5-10)13-8-11-7-12(11)9-13/h10-15H,2-9H2,1H3. The van der Waals surface area contributed by atoms with Crippen LogP contribution >= 0.6 is 0 Å². The summed E-state index contributed by atoms with van der Waals surface area (Å²) in [5, 5.41) is 3.76. The lowest BCUT2D eigenvalue weighted by molar-refractivity contribution is 0.217. The molecular weight excluding hydrogens is 182 g/mol. The van der Waals surface area contributed by atoms with E-state index in [0.29, 0.717) is 0 Å². The highest BCUT2D eigenvalue weighted by Crippen LogP contribution is 2.55. The minimum Gasteiger partial charge on any atom is -0.314 e. The molecule has 3 aliphatic carbocycles. The van der Waals surface area contributed by atoms with E-state index in [-0.39, 0.29) is 0 Å². The van der Waals surface area contributed by atoms with Crippen molar-refractivity contribution in [2.24, 2.45) is 23.7 Å². The van der Waals surface area contributed by atoms with E-state index in [4.69, 9.17) is 0 Å². The molecule has 0 radical (unpaired) electrons. The van der Waals surface area contributed by atoms with Crippen LogP contribution in [0, 0.1) is 23.7 Å². The average Bonchev–Trinajstić information content (AvgIpc) is 2.78. The zero-order chi connectivity index (χ0) is 10.3. The maximum Gasteiger partial charge on any atom is 0.00980 e. The van der Waals surface area contributed by atoms with Crippen LogP contribution in [0.1, 0.15) is 51.9 Å². The lowest BCUT2D eigenvalue weighted by Crippen LogP contribution is -2.38. The molecule has 0 aromatic rings. The average molecular weight is 207 g/mol. The van der Waals surface area contributed by atoms with Crippen LogP contribution < -0.4 is 5.32 Å². The second-order valence-electron chi connectivity index (χ2n) is 6.18. The summed E-state index contributed by atoms with van der Waals surface area (Å²) in [7, 11) is 0. The first-order chi connectivity index (χ1) is 7.36. The van der Waals surface area contributed by atoms with Gasteiger partial charge in [0.2, 0.25) is 0 Å². The summed E-state index contributed by atoms with van der Waals surface area (Å²) in [6.45, 7) is 3.44. The molecule has 0 saturated heterocycles. The van der Waals surface area contributed by atoms with E-state index in [1.54, 1.807) is 19.3 Å². The quantitative estimate of drug-likeness (QED) is 0.730. The Morgan fingerprint density at radius 3 is 2.40 bits per heavy atom. The fraction of sp³-hybridized carbons (Fsp3) is 1.00. The molecule has 0 bridgehead atoms. The van der Waals surface area contributed by atoms with Gasteiger partial charge in [0, 0.05) is 6.04 Å². The van der Waals surface area contributed by atoms with E-state index in [9.17, 15) is 0 Å². The van der Waals surface area contributed by atoms with E-state index >= 15 is 0 Å². The van der Waals surface area contributed by atoms with Crippen LogP contribution in [0.4, 0.5) is 0 Å². The molecule has 3 unspecified atom stereocenters. The third-order valence-electron chi connectivity index (χ3n) is 5.13. The van der Waals surface area contributed by atoms with Gasteiger partial charge in [-0.1, -0.05) is 26.2 Å². The zero-order valence-electron chi connectivity index (χ0n) is 10.0. The minimum absolute atomic E-state index is 0.869. The maximum absolute atomic E-state index is 3.76. The summed E-state index contributed by atoms with van der Waals surface area (Å²) in [5.41, 5.74) is 0. The van der Waals surface area contributed by atoms with Gasteiger partial charge in [0.05, 0.1) is 0 Å². The van der Waals surface area contributed by atoms with E-state index in [1.165, 1.54) is 32.2 Å². The number of fused-ring (bicyclic) bond motifs is 1. The molecule has 3 fully saturated rings. The highest BCUT2D eigenvalue weighted by atomic mass is 14.9. The Balaban J connectivity index is 1.52. The molecule has 0 amide bonds. The van der Waals surface area contributed by atoms with Crippen molar-refractivity contribution >= 4 is 0 Å². The first-order valence-electron chi connectivity index (χ1n) is 7.10. The molecule has 86 valence electrons. The summed E-state index contributed by atoms with van der Waals surface area (Å²) >= 11 is 0. The molecule has 3 saturated carbocycles. The van der Waals surface area contributed by atoms with E-state index in [1.807, 2.05) is 0 Å². The molecular formula is C14H25N. The topological polar surface area (TPSA) is 12.0 Å². The molecule has 0 aromatic carbocycles. The minimum atomic E-state index is 0.869. The molecule has 0 aromatic heterocycles. The number of hydrogen-bond acceptors (Lipinski definition) is 1. The Bertz CT molecular complexity index is 211. The number of nitrogens with one attached hydrogen (secondary N) is 1. The van der Waals surface area contributed by atoms with Crippen LogP contribution in [0.3, 0.4) is 0 Å². The first-order valence-corrected chi connectivity index (χ1v) is 7.10.